The Labute approximate surface area is 174 Å². The molecule has 1 saturated heterocycles. The summed E-state index contributed by atoms with van der Waals surface area (Å²) in [7, 11) is 0. The molecule has 3 rings (SSSR count). The highest BCUT2D eigenvalue weighted by molar-refractivity contribution is 14.0. The van der Waals surface area contributed by atoms with Crippen LogP contribution in [0.1, 0.15) is 39.2 Å². The lowest BCUT2D eigenvalue weighted by molar-refractivity contribution is -0.188. The van der Waals surface area contributed by atoms with E-state index in [2.05, 4.69) is 48.2 Å². The van der Waals surface area contributed by atoms with Crippen LogP contribution in [0.25, 0.3) is 0 Å². The second-order valence-electron chi connectivity index (χ2n) is 7.40. The molecular formula is C21H30IN3O. The Hall–Kier alpha value is -1.26. The second kappa shape index (κ2) is 9.61. The molecule has 3 unspecified atom stereocenters. The van der Waals surface area contributed by atoms with Gasteiger partial charge in [0.05, 0.1) is 6.10 Å². The van der Waals surface area contributed by atoms with E-state index in [4.69, 9.17) is 4.74 Å². The predicted octanol–water partition coefficient (Wildman–Crippen LogP) is 3.41. The molecule has 4 nitrogen and oxygen atoms in total. The minimum atomic E-state index is 0. The molecule has 1 heterocycles. The van der Waals surface area contributed by atoms with E-state index in [1.54, 1.807) is 0 Å². The fourth-order valence-electron chi connectivity index (χ4n) is 4.06. The van der Waals surface area contributed by atoms with Crippen molar-refractivity contribution in [3.8, 4) is 11.8 Å². The van der Waals surface area contributed by atoms with Crippen LogP contribution in [0.4, 0.5) is 0 Å². The summed E-state index contributed by atoms with van der Waals surface area (Å²) in [6, 6.07) is 10.4. The number of benzene rings is 1. The van der Waals surface area contributed by atoms with E-state index in [0.717, 1.165) is 31.1 Å². The number of ether oxygens (including phenoxy) is 1. The lowest BCUT2D eigenvalue weighted by Crippen LogP contribution is -2.71. The Morgan fingerprint density at radius 1 is 1.31 bits per heavy atom. The van der Waals surface area contributed by atoms with E-state index < -0.39 is 0 Å². The van der Waals surface area contributed by atoms with Gasteiger partial charge in [-0.15, -0.1) is 24.0 Å². The summed E-state index contributed by atoms with van der Waals surface area (Å²) in [5.74, 6) is 7.73. The molecule has 1 saturated carbocycles. The van der Waals surface area contributed by atoms with E-state index in [1.165, 1.54) is 6.42 Å². The van der Waals surface area contributed by atoms with Gasteiger partial charge in [-0.25, -0.2) is 4.99 Å². The smallest absolute Gasteiger partial charge is 0.192 e. The zero-order valence-corrected chi connectivity index (χ0v) is 18.2. The normalized spacial score (nSPS) is 26.3. The maximum absolute atomic E-state index is 5.99. The fraction of sp³-hybridized carbons (Fsp3) is 0.571. The third kappa shape index (κ3) is 4.72. The third-order valence-electron chi connectivity index (χ3n) is 5.29. The van der Waals surface area contributed by atoms with Crippen molar-refractivity contribution in [3.63, 3.8) is 0 Å². The number of aliphatic imine (C=N–C) groups is 1. The molecule has 142 valence electrons. The van der Waals surface area contributed by atoms with Gasteiger partial charge in [0.2, 0.25) is 0 Å². The van der Waals surface area contributed by atoms with Gasteiger partial charge in [0, 0.05) is 36.1 Å². The van der Waals surface area contributed by atoms with E-state index in [0.29, 0.717) is 24.6 Å². The van der Waals surface area contributed by atoms with Gasteiger partial charge in [-0.2, -0.15) is 0 Å². The van der Waals surface area contributed by atoms with Crippen LogP contribution in [0.5, 0.6) is 0 Å². The first-order valence-electron chi connectivity index (χ1n) is 9.33. The summed E-state index contributed by atoms with van der Waals surface area (Å²) in [5.41, 5.74) is 1.16. The molecule has 0 aromatic heterocycles. The SMILES string of the molecule is CCNC(=NCC#Cc1ccccc1)NC1C2CCCOC2C1(C)C.I. The average molecular weight is 467 g/mol. The summed E-state index contributed by atoms with van der Waals surface area (Å²) in [5, 5.41) is 6.98. The Bertz CT molecular complexity index is 663. The number of nitrogens with zero attached hydrogens (tertiary/aromatic N) is 1. The topological polar surface area (TPSA) is 45.7 Å². The number of rotatable bonds is 3. The maximum atomic E-state index is 5.99. The number of halogens is 1. The lowest BCUT2D eigenvalue weighted by atomic mass is 9.55. The van der Waals surface area contributed by atoms with E-state index in [1.807, 2.05) is 30.3 Å². The summed E-state index contributed by atoms with van der Waals surface area (Å²) < 4.78 is 5.99. The third-order valence-corrected chi connectivity index (χ3v) is 5.29. The Balaban J connectivity index is 0.00000243. The van der Waals surface area contributed by atoms with Crippen LogP contribution in [0.15, 0.2) is 35.3 Å². The zero-order valence-electron chi connectivity index (χ0n) is 15.9. The lowest BCUT2D eigenvalue weighted by Gasteiger charge is -2.60. The minimum Gasteiger partial charge on any atom is -0.377 e. The van der Waals surface area contributed by atoms with Gasteiger partial charge >= 0.3 is 0 Å². The minimum absolute atomic E-state index is 0. The average Bonchev–Trinajstić information content (AvgIpc) is 2.64. The van der Waals surface area contributed by atoms with Crippen LogP contribution in [-0.2, 0) is 4.74 Å². The van der Waals surface area contributed by atoms with Crippen molar-refractivity contribution in [2.75, 3.05) is 19.7 Å². The molecule has 3 atom stereocenters. The molecule has 2 aliphatic rings. The number of fused-ring (bicyclic) bond motifs is 1. The van der Waals surface area contributed by atoms with Crippen molar-refractivity contribution in [1.29, 1.82) is 0 Å². The van der Waals surface area contributed by atoms with Gasteiger partial charge in [-0.3, -0.25) is 0 Å². The zero-order chi connectivity index (χ0) is 17.7. The van der Waals surface area contributed by atoms with Gasteiger partial charge in [0.25, 0.3) is 0 Å². The molecule has 1 aliphatic heterocycles. The van der Waals surface area contributed by atoms with Gasteiger partial charge in [-0.1, -0.05) is 43.9 Å². The van der Waals surface area contributed by atoms with Gasteiger partial charge in [-0.05, 0) is 31.9 Å². The molecular weight excluding hydrogens is 437 g/mol. The summed E-state index contributed by atoms with van der Waals surface area (Å²) in [6.45, 7) is 8.90. The first-order valence-corrected chi connectivity index (χ1v) is 9.33. The van der Waals surface area contributed by atoms with Crippen LogP contribution < -0.4 is 10.6 Å². The van der Waals surface area contributed by atoms with E-state index in [-0.39, 0.29) is 29.4 Å². The molecule has 0 radical (unpaired) electrons. The van der Waals surface area contributed by atoms with Crippen LogP contribution in [0.3, 0.4) is 0 Å². The van der Waals surface area contributed by atoms with E-state index >= 15 is 0 Å². The van der Waals surface area contributed by atoms with Gasteiger partial charge in [0.15, 0.2) is 5.96 Å². The van der Waals surface area contributed by atoms with Gasteiger partial charge < -0.3 is 15.4 Å². The van der Waals surface area contributed by atoms with Crippen molar-refractivity contribution < 1.29 is 4.74 Å². The van der Waals surface area contributed by atoms with Crippen LogP contribution in [-0.4, -0.2) is 37.8 Å². The molecule has 1 aromatic rings. The van der Waals surface area contributed by atoms with Gasteiger partial charge in [0.1, 0.15) is 6.54 Å². The standard InChI is InChI=1S/C21H29N3O.HI/c1-4-22-20(23-14-8-12-16-10-6-5-7-11-16)24-18-17-13-9-15-25-19(17)21(18,2)3;/h5-7,10-11,17-19H,4,9,13-15H2,1-3H3,(H2,22,23,24);1H. The molecule has 1 aliphatic carbocycles. The molecule has 0 spiro atoms. The highest BCUT2D eigenvalue weighted by Gasteiger charge is 2.58. The fourth-order valence-corrected chi connectivity index (χ4v) is 4.06. The predicted molar refractivity (Wildman–Crippen MR) is 118 cm³/mol. The molecule has 0 amide bonds. The van der Waals surface area contributed by atoms with E-state index in [9.17, 15) is 0 Å². The molecule has 1 aromatic carbocycles. The molecule has 26 heavy (non-hydrogen) atoms. The first kappa shape index (κ1) is 21.0. The number of guanidine groups is 1. The van der Waals surface area contributed by atoms with Crippen LogP contribution in [0.2, 0.25) is 0 Å². The van der Waals surface area contributed by atoms with Crippen molar-refractivity contribution in [2.24, 2.45) is 16.3 Å². The summed E-state index contributed by atoms with van der Waals surface area (Å²) >= 11 is 0. The largest absolute Gasteiger partial charge is 0.377 e. The maximum Gasteiger partial charge on any atom is 0.192 e. The summed E-state index contributed by atoms with van der Waals surface area (Å²) in [4.78, 5) is 4.63. The highest BCUT2D eigenvalue weighted by Crippen LogP contribution is 2.51. The van der Waals surface area contributed by atoms with Crippen LogP contribution in [0, 0.1) is 23.2 Å². The van der Waals surface area contributed by atoms with Crippen molar-refractivity contribution >= 4 is 29.9 Å². The Morgan fingerprint density at radius 2 is 2.08 bits per heavy atom. The number of nitrogens with one attached hydrogen (secondary N) is 2. The number of hydrogen-bond donors (Lipinski definition) is 2. The Morgan fingerprint density at radius 3 is 2.81 bits per heavy atom. The molecule has 2 fully saturated rings. The number of hydrogen-bond acceptors (Lipinski definition) is 2. The quantitative estimate of drug-likeness (QED) is 0.310. The first-order chi connectivity index (χ1) is 12.1. The summed E-state index contributed by atoms with van der Waals surface area (Å²) in [6.07, 6.45) is 2.77. The van der Waals surface area contributed by atoms with Crippen molar-refractivity contribution in [1.82, 2.24) is 10.6 Å². The Kier molecular flexibility index (Phi) is 7.78. The highest BCUT2D eigenvalue weighted by atomic mass is 127. The monoisotopic (exact) mass is 467 g/mol. The van der Waals surface area contributed by atoms with Crippen LogP contribution >= 0.6 is 24.0 Å². The molecule has 0 bridgehead atoms. The second-order valence-corrected chi connectivity index (χ2v) is 7.40. The molecule has 2 N–H and O–H groups in total. The van der Waals surface area contributed by atoms with Crippen molar-refractivity contribution in [3.05, 3.63) is 35.9 Å². The van der Waals surface area contributed by atoms with Crippen molar-refractivity contribution in [2.45, 2.75) is 45.8 Å². The molecule has 5 heteroatoms.